The molecule has 0 bridgehead atoms. The maximum Gasteiger partial charge on any atom is 0.292 e. The normalized spacial score (nSPS) is 18.6. The number of anilines is 1. The number of aryl methyl sites for hydroxylation is 1. The van der Waals surface area contributed by atoms with Gasteiger partial charge in [0.05, 0.1) is 30.5 Å². The van der Waals surface area contributed by atoms with Crippen LogP contribution in [0.1, 0.15) is 77.6 Å². The van der Waals surface area contributed by atoms with Gasteiger partial charge < -0.3 is 14.5 Å². The zero-order chi connectivity index (χ0) is 28.3. The summed E-state index contributed by atoms with van der Waals surface area (Å²) in [5.74, 6) is 1.76. The van der Waals surface area contributed by atoms with Gasteiger partial charge in [0.15, 0.2) is 22.8 Å². The van der Waals surface area contributed by atoms with Crippen LogP contribution in [0.15, 0.2) is 6.20 Å². The molecule has 0 unspecified atom stereocenters. The van der Waals surface area contributed by atoms with E-state index < -0.39 is 11.1 Å². The Morgan fingerprint density at radius 2 is 1.79 bits per heavy atom. The highest BCUT2D eigenvalue weighted by atomic mass is 35.5. The lowest BCUT2D eigenvalue weighted by Gasteiger charge is -2.45. The second-order valence-electron chi connectivity index (χ2n) is 12.8. The number of rotatable bonds is 5. The maximum absolute atomic E-state index is 13.6. The summed E-state index contributed by atoms with van der Waals surface area (Å²) in [6.45, 7) is 18.8. The molecule has 1 saturated carbocycles. The number of amides is 1. The number of hydrogen-bond acceptors (Lipinski definition) is 8. The first-order chi connectivity index (χ1) is 18.3. The third-order valence-corrected chi connectivity index (χ3v) is 7.55. The van der Waals surface area contributed by atoms with Crippen molar-refractivity contribution in [1.82, 2.24) is 34.4 Å². The van der Waals surface area contributed by atoms with Crippen LogP contribution in [0.4, 0.5) is 5.82 Å². The van der Waals surface area contributed by atoms with Crippen LogP contribution in [0.3, 0.4) is 0 Å². The molecule has 3 aromatic rings. The molecule has 10 nitrogen and oxygen atoms in total. The predicted octanol–water partition coefficient (Wildman–Crippen LogP) is 4.92. The fourth-order valence-corrected chi connectivity index (χ4v) is 5.78. The lowest BCUT2D eigenvalue weighted by Crippen LogP contribution is -2.56. The molecule has 39 heavy (non-hydrogen) atoms. The Morgan fingerprint density at radius 1 is 1.10 bits per heavy atom. The fourth-order valence-electron chi connectivity index (χ4n) is 5.55. The SMILES string of the molecule is Cc1nc(C(=O)N(C(C)(C)C)C(C)(C)C)ncc1-c1nc(N2CCOC[C@@H]2C)c2nc(Cl)n(CC3CC3)c2n1. The van der Waals surface area contributed by atoms with E-state index in [4.69, 9.17) is 31.3 Å². The smallest absolute Gasteiger partial charge is 0.292 e. The Morgan fingerprint density at radius 3 is 2.38 bits per heavy atom. The van der Waals surface area contributed by atoms with Gasteiger partial charge in [0.1, 0.15) is 0 Å². The summed E-state index contributed by atoms with van der Waals surface area (Å²) in [5.41, 5.74) is 1.90. The number of carbonyl (C=O) groups is 1. The van der Waals surface area contributed by atoms with Gasteiger partial charge in [-0.2, -0.15) is 0 Å². The zero-order valence-corrected chi connectivity index (χ0v) is 25.0. The Labute approximate surface area is 235 Å². The van der Waals surface area contributed by atoms with Gasteiger partial charge in [-0.05, 0) is 85.8 Å². The molecule has 2 aliphatic rings. The first-order valence-electron chi connectivity index (χ1n) is 13.7. The van der Waals surface area contributed by atoms with Crippen LogP contribution in [0.5, 0.6) is 0 Å². The number of nitrogens with zero attached hydrogens (tertiary/aromatic N) is 8. The van der Waals surface area contributed by atoms with Gasteiger partial charge in [0.2, 0.25) is 11.1 Å². The summed E-state index contributed by atoms with van der Waals surface area (Å²) in [4.78, 5) is 41.4. The van der Waals surface area contributed by atoms with E-state index in [1.807, 2.05) is 57.9 Å². The van der Waals surface area contributed by atoms with Gasteiger partial charge in [0.25, 0.3) is 5.91 Å². The number of carbonyl (C=O) groups excluding carboxylic acids is 1. The predicted molar refractivity (Wildman–Crippen MR) is 152 cm³/mol. The first-order valence-corrected chi connectivity index (χ1v) is 14.1. The highest BCUT2D eigenvalue weighted by molar-refractivity contribution is 6.29. The van der Waals surface area contributed by atoms with Crippen LogP contribution in [-0.4, -0.2) is 77.2 Å². The molecule has 0 N–H and O–H groups in total. The van der Waals surface area contributed by atoms with Crippen molar-refractivity contribution in [2.75, 3.05) is 24.7 Å². The molecule has 1 aliphatic heterocycles. The number of aromatic nitrogens is 6. The van der Waals surface area contributed by atoms with Gasteiger partial charge >= 0.3 is 0 Å². The van der Waals surface area contributed by atoms with Crippen molar-refractivity contribution >= 4 is 34.5 Å². The summed E-state index contributed by atoms with van der Waals surface area (Å²) >= 11 is 6.65. The lowest BCUT2D eigenvalue weighted by molar-refractivity contribution is 0.0258. The van der Waals surface area contributed by atoms with Crippen molar-refractivity contribution < 1.29 is 9.53 Å². The van der Waals surface area contributed by atoms with Gasteiger partial charge in [-0.1, -0.05) is 0 Å². The van der Waals surface area contributed by atoms with Crippen molar-refractivity contribution in [2.45, 2.75) is 91.9 Å². The van der Waals surface area contributed by atoms with Crippen molar-refractivity contribution in [3.05, 3.63) is 23.0 Å². The minimum absolute atomic E-state index is 0.121. The summed E-state index contributed by atoms with van der Waals surface area (Å²) in [5, 5.41) is 0.420. The number of fused-ring (bicyclic) bond motifs is 1. The third kappa shape index (κ3) is 5.45. The summed E-state index contributed by atoms with van der Waals surface area (Å²) < 4.78 is 7.67. The van der Waals surface area contributed by atoms with Crippen LogP contribution in [0.2, 0.25) is 5.28 Å². The van der Waals surface area contributed by atoms with E-state index in [0.29, 0.717) is 59.2 Å². The topological polar surface area (TPSA) is 102 Å². The highest BCUT2D eigenvalue weighted by Crippen LogP contribution is 2.36. The monoisotopic (exact) mass is 554 g/mol. The Bertz CT molecular complexity index is 1390. The van der Waals surface area contributed by atoms with Crippen molar-refractivity contribution in [3.63, 3.8) is 0 Å². The quantitative estimate of drug-likeness (QED) is 0.409. The number of halogens is 1. The highest BCUT2D eigenvalue weighted by Gasteiger charge is 2.37. The van der Waals surface area contributed by atoms with Crippen LogP contribution >= 0.6 is 11.6 Å². The maximum atomic E-state index is 13.6. The molecular formula is C28H39ClN8O2. The minimum Gasteiger partial charge on any atom is -0.377 e. The zero-order valence-electron chi connectivity index (χ0n) is 24.2. The van der Waals surface area contributed by atoms with Crippen molar-refractivity contribution in [3.8, 4) is 11.4 Å². The van der Waals surface area contributed by atoms with Gasteiger partial charge in [-0.25, -0.2) is 24.9 Å². The molecule has 3 aromatic heterocycles. The molecule has 210 valence electrons. The average Bonchev–Trinajstić information content (AvgIpc) is 3.60. The molecule has 1 atom stereocenters. The summed E-state index contributed by atoms with van der Waals surface area (Å²) in [6.07, 6.45) is 4.03. The van der Waals surface area contributed by atoms with E-state index in [-0.39, 0.29) is 17.8 Å². The Balaban J connectivity index is 1.61. The van der Waals surface area contributed by atoms with Gasteiger partial charge in [0, 0.05) is 30.4 Å². The van der Waals surface area contributed by atoms with Crippen LogP contribution < -0.4 is 4.90 Å². The standard InChI is InChI=1S/C28H39ClN8O2/c1-16-15-39-12-11-35(16)23-20-24(36(26(29)32-20)14-18-9-10-18)34-21(33-23)19-13-30-22(31-17(19)2)25(38)37(27(3,4)5)28(6,7)8/h13,16,18H,9-12,14-15H2,1-8H3/t16-/m0/s1. The molecule has 1 amide bonds. The average molecular weight is 555 g/mol. The van der Waals surface area contributed by atoms with Gasteiger partial charge in [-0.15, -0.1) is 0 Å². The fraction of sp³-hybridized carbons (Fsp3) is 0.643. The lowest BCUT2D eigenvalue weighted by atomic mass is 9.95. The Hall–Kier alpha value is -2.85. The minimum atomic E-state index is -0.400. The van der Waals surface area contributed by atoms with Crippen molar-refractivity contribution in [1.29, 1.82) is 0 Å². The molecule has 11 heteroatoms. The summed E-state index contributed by atoms with van der Waals surface area (Å²) in [7, 11) is 0. The largest absolute Gasteiger partial charge is 0.377 e. The second kappa shape index (κ2) is 9.96. The number of hydrogen-bond donors (Lipinski definition) is 0. The molecule has 5 rings (SSSR count). The summed E-state index contributed by atoms with van der Waals surface area (Å²) in [6, 6.07) is 0.121. The number of imidazole rings is 1. The van der Waals surface area contributed by atoms with E-state index in [9.17, 15) is 4.79 Å². The second-order valence-corrected chi connectivity index (χ2v) is 13.1. The molecule has 4 heterocycles. The van der Waals surface area contributed by atoms with Crippen LogP contribution in [-0.2, 0) is 11.3 Å². The van der Waals surface area contributed by atoms with E-state index in [1.54, 1.807) is 6.20 Å². The number of morpholine rings is 1. The van der Waals surface area contributed by atoms with Crippen molar-refractivity contribution in [2.24, 2.45) is 5.92 Å². The van der Waals surface area contributed by atoms with Crippen LogP contribution in [0, 0.1) is 12.8 Å². The molecule has 0 radical (unpaired) electrons. The molecule has 1 aliphatic carbocycles. The molecule has 0 spiro atoms. The van der Waals surface area contributed by atoms with E-state index in [1.165, 1.54) is 12.8 Å². The van der Waals surface area contributed by atoms with Crippen LogP contribution in [0.25, 0.3) is 22.6 Å². The van der Waals surface area contributed by atoms with E-state index in [0.717, 1.165) is 12.4 Å². The number of ether oxygens (including phenoxy) is 1. The first kappa shape index (κ1) is 27.7. The molecular weight excluding hydrogens is 516 g/mol. The third-order valence-electron chi connectivity index (χ3n) is 7.26. The molecule has 0 aromatic carbocycles. The molecule has 1 saturated heterocycles. The van der Waals surface area contributed by atoms with E-state index >= 15 is 0 Å². The Kier molecular flexibility index (Phi) is 7.08. The van der Waals surface area contributed by atoms with Gasteiger partial charge in [-0.3, -0.25) is 9.36 Å². The molecule has 2 fully saturated rings. The van der Waals surface area contributed by atoms with E-state index in [2.05, 4.69) is 21.8 Å².